The maximum absolute atomic E-state index is 5.33. The first-order valence-corrected chi connectivity index (χ1v) is 13.2. The maximum atomic E-state index is 5.33. The lowest BCUT2D eigenvalue weighted by Gasteiger charge is -2.11. The van der Waals surface area contributed by atoms with Crippen LogP contribution < -0.4 is 5.32 Å². The number of aromatic amines is 2. The molecule has 0 bridgehead atoms. The second-order valence-electron chi connectivity index (χ2n) is 10.3. The first kappa shape index (κ1) is 22.9. The predicted molar refractivity (Wildman–Crippen MR) is 148 cm³/mol. The fourth-order valence-corrected chi connectivity index (χ4v) is 5.61. The molecule has 0 radical (unpaired) electrons. The van der Waals surface area contributed by atoms with Crippen molar-refractivity contribution in [1.29, 1.82) is 0 Å². The molecule has 8 heteroatoms. The van der Waals surface area contributed by atoms with E-state index in [0.717, 1.165) is 80.1 Å². The smallest absolute Gasteiger partial charge is 0.159 e. The molecule has 3 N–H and O–H groups in total. The number of benzene rings is 1. The second-order valence-corrected chi connectivity index (χ2v) is 10.3. The molecule has 0 unspecified atom stereocenters. The molecule has 1 aliphatic carbocycles. The van der Waals surface area contributed by atoms with Gasteiger partial charge in [-0.1, -0.05) is 25.0 Å². The summed E-state index contributed by atoms with van der Waals surface area (Å²) in [4.78, 5) is 17.7. The second kappa shape index (κ2) is 9.54. The summed E-state index contributed by atoms with van der Waals surface area (Å²) in [5.74, 6) is 1.53. The molecule has 8 nitrogen and oxygen atoms in total. The lowest BCUT2D eigenvalue weighted by atomic mass is 10.0. The number of fused-ring (bicyclic) bond motifs is 2. The minimum Gasteiger partial charge on any atom is -0.472 e. The highest BCUT2D eigenvalue weighted by atomic mass is 16.3. The first-order valence-electron chi connectivity index (χ1n) is 13.2. The Morgan fingerprint density at radius 2 is 1.97 bits per heavy atom. The quantitative estimate of drug-likeness (QED) is 0.232. The standard InChI is InChI=1S/C30H29N7O/c1-18-6-7-23(21-8-9-38-17-21)28-27(18)34-30(35-28)29-24-11-25(33-16-26(24)36-37-29)22-10-20(14-32-15-22)13-31-12-19-4-2-3-5-19/h6-11,14-17,19,31H,2-5,12-13H2,1H3,(H,34,35)(H,36,37). The van der Waals surface area contributed by atoms with Gasteiger partial charge in [-0.3, -0.25) is 15.1 Å². The Labute approximate surface area is 219 Å². The largest absolute Gasteiger partial charge is 0.472 e. The van der Waals surface area contributed by atoms with Crippen molar-refractivity contribution in [2.45, 2.75) is 39.2 Å². The van der Waals surface area contributed by atoms with Crippen LogP contribution in [0, 0.1) is 12.8 Å². The molecule has 1 saturated carbocycles. The van der Waals surface area contributed by atoms with Crippen LogP contribution in [0.25, 0.3) is 55.8 Å². The molecule has 0 aliphatic heterocycles. The van der Waals surface area contributed by atoms with Crippen molar-refractivity contribution < 1.29 is 4.42 Å². The van der Waals surface area contributed by atoms with Crippen molar-refractivity contribution >= 4 is 21.9 Å². The van der Waals surface area contributed by atoms with E-state index in [1.165, 1.54) is 25.7 Å². The highest BCUT2D eigenvalue weighted by Gasteiger charge is 2.18. The molecular formula is C30H29N7O. The Bertz CT molecular complexity index is 1720. The van der Waals surface area contributed by atoms with Crippen LogP contribution in [0.1, 0.15) is 36.8 Å². The van der Waals surface area contributed by atoms with Crippen LogP contribution in [-0.4, -0.2) is 36.7 Å². The van der Waals surface area contributed by atoms with Crippen LogP contribution in [0.5, 0.6) is 0 Å². The number of hydrogen-bond donors (Lipinski definition) is 3. The zero-order valence-corrected chi connectivity index (χ0v) is 21.3. The van der Waals surface area contributed by atoms with Crippen LogP contribution >= 0.6 is 0 Å². The summed E-state index contributed by atoms with van der Waals surface area (Å²) in [5, 5.41) is 12.3. The molecule has 0 saturated heterocycles. The number of imidazole rings is 1. The van der Waals surface area contributed by atoms with Crippen molar-refractivity contribution in [2.75, 3.05) is 6.54 Å². The topological polar surface area (TPSA) is 108 Å². The van der Waals surface area contributed by atoms with E-state index in [9.17, 15) is 0 Å². The molecule has 38 heavy (non-hydrogen) atoms. The van der Waals surface area contributed by atoms with E-state index in [0.29, 0.717) is 5.82 Å². The van der Waals surface area contributed by atoms with Gasteiger partial charge in [-0.15, -0.1) is 0 Å². The van der Waals surface area contributed by atoms with E-state index in [-0.39, 0.29) is 0 Å². The monoisotopic (exact) mass is 503 g/mol. The van der Waals surface area contributed by atoms with Crippen LogP contribution in [0.4, 0.5) is 0 Å². The van der Waals surface area contributed by atoms with Gasteiger partial charge in [0.1, 0.15) is 5.69 Å². The number of furan rings is 1. The third-order valence-corrected chi connectivity index (χ3v) is 7.68. The molecule has 1 aliphatic rings. The molecule has 0 spiro atoms. The Morgan fingerprint density at radius 3 is 2.84 bits per heavy atom. The minimum atomic E-state index is 0.713. The van der Waals surface area contributed by atoms with Crippen molar-refractivity contribution in [2.24, 2.45) is 5.92 Å². The number of nitrogens with zero attached hydrogens (tertiary/aromatic N) is 4. The van der Waals surface area contributed by atoms with E-state index in [1.807, 2.05) is 24.7 Å². The zero-order chi connectivity index (χ0) is 25.5. The van der Waals surface area contributed by atoms with Crippen LogP contribution in [0.3, 0.4) is 0 Å². The molecule has 5 heterocycles. The summed E-state index contributed by atoms with van der Waals surface area (Å²) in [6.07, 6.45) is 14.5. The summed E-state index contributed by atoms with van der Waals surface area (Å²) >= 11 is 0. The Kier molecular flexibility index (Phi) is 5.74. The Balaban J connectivity index is 1.22. The van der Waals surface area contributed by atoms with Crippen molar-refractivity contribution in [3.05, 3.63) is 72.6 Å². The molecule has 1 aromatic carbocycles. The SMILES string of the molecule is Cc1ccc(-c2ccoc2)c2[nH]c(-c3n[nH]c4cnc(-c5cncc(CNCC6CCCC6)c5)cc34)nc12. The molecule has 6 aromatic rings. The predicted octanol–water partition coefficient (Wildman–Crippen LogP) is 6.41. The molecule has 190 valence electrons. The number of H-pyrrole nitrogens is 2. The highest BCUT2D eigenvalue weighted by Crippen LogP contribution is 2.34. The summed E-state index contributed by atoms with van der Waals surface area (Å²) in [6.45, 7) is 3.96. The third kappa shape index (κ3) is 4.16. The zero-order valence-electron chi connectivity index (χ0n) is 21.3. The van der Waals surface area contributed by atoms with Gasteiger partial charge in [0.2, 0.25) is 0 Å². The van der Waals surface area contributed by atoms with Gasteiger partial charge < -0.3 is 14.7 Å². The van der Waals surface area contributed by atoms with E-state index in [1.54, 1.807) is 12.5 Å². The molecule has 7 rings (SSSR count). The fraction of sp³-hybridized carbons (Fsp3) is 0.267. The van der Waals surface area contributed by atoms with Gasteiger partial charge in [-0.25, -0.2) is 4.98 Å². The van der Waals surface area contributed by atoms with E-state index in [4.69, 9.17) is 14.4 Å². The number of rotatable bonds is 7. The normalized spacial score (nSPS) is 14.2. The Morgan fingerprint density at radius 1 is 1.05 bits per heavy atom. The Hall–Kier alpha value is -4.30. The lowest BCUT2D eigenvalue weighted by molar-refractivity contribution is 0.489. The average Bonchev–Trinajstić information content (AvgIpc) is 3.75. The van der Waals surface area contributed by atoms with Gasteiger partial charge >= 0.3 is 0 Å². The molecule has 0 amide bonds. The van der Waals surface area contributed by atoms with Gasteiger partial charge in [-0.2, -0.15) is 5.10 Å². The summed E-state index contributed by atoms with van der Waals surface area (Å²) in [5.41, 5.74) is 9.67. The van der Waals surface area contributed by atoms with Crippen molar-refractivity contribution in [1.82, 2.24) is 35.5 Å². The van der Waals surface area contributed by atoms with Crippen LogP contribution in [0.15, 0.2) is 65.9 Å². The number of pyridine rings is 2. The number of aromatic nitrogens is 6. The van der Waals surface area contributed by atoms with Crippen LogP contribution in [0.2, 0.25) is 0 Å². The van der Waals surface area contributed by atoms with Gasteiger partial charge in [0.15, 0.2) is 5.82 Å². The summed E-state index contributed by atoms with van der Waals surface area (Å²) < 4.78 is 5.33. The van der Waals surface area contributed by atoms with Gasteiger partial charge in [-0.05, 0) is 61.6 Å². The number of aryl methyl sites for hydroxylation is 1. The van der Waals surface area contributed by atoms with Crippen molar-refractivity contribution in [3.63, 3.8) is 0 Å². The lowest BCUT2D eigenvalue weighted by Crippen LogP contribution is -2.20. The maximum Gasteiger partial charge on any atom is 0.159 e. The summed E-state index contributed by atoms with van der Waals surface area (Å²) in [6, 6.07) is 10.4. The third-order valence-electron chi connectivity index (χ3n) is 7.68. The van der Waals surface area contributed by atoms with Crippen molar-refractivity contribution in [3.8, 4) is 33.9 Å². The number of nitrogens with one attached hydrogen (secondary N) is 3. The molecule has 0 atom stereocenters. The van der Waals surface area contributed by atoms with Gasteiger partial charge in [0.25, 0.3) is 0 Å². The van der Waals surface area contributed by atoms with E-state index >= 15 is 0 Å². The van der Waals surface area contributed by atoms with E-state index in [2.05, 4.69) is 56.7 Å². The molecule has 5 aromatic heterocycles. The van der Waals surface area contributed by atoms with Crippen LogP contribution in [-0.2, 0) is 6.54 Å². The average molecular weight is 504 g/mol. The number of hydrogen-bond acceptors (Lipinski definition) is 6. The minimum absolute atomic E-state index is 0.713. The molecular weight excluding hydrogens is 474 g/mol. The highest BCUT2D eigenvalue weighted by molar-refractivity contribution is 5.98. The van der Waals surface area contributed by atoms with E-state index < -0.39 is 0 Å². The molecule has 1 fully saturated rings. The summed E-state index contributed by atoms with van der Waals surface area (Å²) in [7, 11) is 0. The van der Waals surface area contributed by atoms with Gasteiger partial charge in [0.05, 0.1) is 41.0 Å². The van der Waals surface area contributed by atoms with Gasteiger partial charge in [0, 0.05) is 41.0 Å². The first-order chi connectivity index (χ1) is 18.7. The fourth-order valence-electron chi connectivity index (χ4n) is 5.61.